The first-order valence-electron chi connectivity index (χ1n) is 9.13. The summed E-state index contributed by atoms with van der Waals surface area (Å²) >= 11 is 6.01. The number of halogens is 1. The lowest BCUT2D eigenvalue weighted by Crippen LogP contribution is -2.17. The molecule has 0 radical (unpaired) electrons. The first kappa shape index (κ1) is 19.8. The van der Waals surface area contributed by atoms with Crippen LogP contribution in [-0.2, 0) is 6.42 Å². The summed E-state index contributed by atoms with van der Waals surface area (Å²) in [5.74, 6) is 0.183. The van der Waals surface area contributed by atoms with E-state index in [4.69, 9.17) is 11.6 Å². The molecule has 0 saturated heterocycles. The predicted octanol–water partition coefficient (Wildman–Crippen LogP) is 4.96. The molecule has 1 aromatic heterocycles. The number of aryl methyl sites for hydroxylation is 3. The first-order valence-corrected chi connectivity index (χ1v) is 9.51. The minimum atomic E-state index is -0.254. The summed E-state index contributed by atoms with van der Waals surface area (Å²) < 4.78 is 0. The number of carbonyl (C=O) groups excluding carboxylic acids is 1. The Labute approximate surface area is 170 Å². The second kappa shape index (κ2) is 8.85. The maximum absolute atomic E-state index is 12.6. The zero-order valence-electron chi connectivity index (χ0n) is 16.2. The van der Waals surface area contributed by atoms with Crippen LogP contribution in [0.5, 0.6) is 0 Å². The molecule has 0 saturated carbocycles. The van der Waals surface area contributed by atoms with Gasteiger partial charge in [0.25, 0.3) is 5.91 Å². The number of anilines is 2. The fraction of sp³-hybridized carbons (Fsp3) is 0.227. The molecule has 2 N–H and O–H groups in total. The average Bonchev–Trinajstić information content (AvgIpc) is 2.63. The topological polar surface area (TPSA) is 66.9 Å². The molecule has 3 aromatic rings. The highest BCUT2D eigenvalue weighted by atomic mass is 35.5. The fourth-order valence-electron chi connectivity index (χ4n) is 2.92. The summed E-state index contributed by atoms with van der Waals surface area (Å²) in [6.07, 6.45) is 0.780. The lowest BCUT2D eigenvalue weighted by Gasteiger charge is -2.11. The molecule has 3 rings (SSSR count). The molecule has 1 heterocycles. The van der Waals surface area contributed by atoms with Crippen molar-refractivity contribution in [3.05, 3.63) is 81.6 Å². The number of hydrogen-bond acceptors (Lipinski definition) is 4. The van der Waals surface area contributed by atoms with Crippen LogP contribution in [0.3, 0.4) is 0 Å². The van der Waals surface area contributed by atoms with Crippen molar-refractivity contribution in [3.63, 3.8) is 0 Å². The highest BCUT2D eigenvalue weighted by Crippen LogP contribution is 2.17. The van der Waals surface area contributed by atoms with Crippen molar-refractivity contribution in [3.8, 4) is 0 Å². The van der Waals surface area contributed by atoms with Crippen LogP contribution in [-0.4, -0.2) is 22.4 Å². The number of hydrogen-bond donors (Lipinski definition) is 2. The molecule has 5 nitrogen and oxygen atoms in total. The van der Waals surface area contributed by atoms with Crippen molar-refractivity contribution in [1.29, 1.82) is 0 Å². The predicted molar refractivity (Wildman–Crippen MR) is 114 cm³/mol. The molecule has 0 unspecified atom stereocenters. The molecule has 6 heteroatoms. The second-order valence-electron chi connectivity index (χ2n) is 6.80. The van der Waals surface area contributed by atoms with E-state index in [-0.39, 0.29) is 5.91 Å². The van der Waals surface area contributed by atoms with Gasteiger partial charge in [0.1, 0.15) is 5.69 Å². The van der Waals surface area contributed by atoms with E-state index in [0.29, 0.717) is 18.2 Å². The van der Waals surface area contributed by atoms with E-state index < -0.39 is 0 Å². The number of rotatable bonds is 6. The molecule has 0 aliphatic carbocycles. The zero-order chi connectivity index (χ0) is 20.1. The van der Waals surface area contributed by atoms with Gasteiger partial charge < -0.3 is 10.6 Å². The molecular formula is C22H23ClN4O. The largest absolute Gasteiger partial charge is 0.354 e. The third kappa shape index (κ3) is 5.30. The summed E-state index contributed by atoms with van der Waals surface area (Å²) in [6, 6.07) is 15.3. The quantitative estimate of drug-likeness (QED) is 0.619. The Morgan fingerprint density at radius 1 is 1.04 bits per heavy atom. The maximum atomic E-state index is 12.6. The van der Waals surface area contributed by atoms with Crippen LogP contribution in [0.4, 0.5) is 11.6 Å². The molecule has 0 spiro atoms. The SMILES string of the molecule is Cc1ccc(NC(=O)c2cc(C)nc(NCCc3cccc(Cl)c3)n2)c(C)c1. The number of amides is 1. The van der Waals surface area contributed by atoms with Crippen LogP contribution in [0.15, 0.2) is 48.5 Å². The van der Waals surface area contributed by atoms with Gasteiger partial charge in [-0.05, 0) is 62.6 Å². The van der Waals surface area contributed by atoms with Crippen molar-refractivity contribution in [1.82, 2.24) is 9.97 Å². The highest BCUT2D eigenvalue weighted by Gasteiger charge is 2.12. The molecule has 1 amide bonds. The fourth-order valence-corrected chi connectivity index (χ4v) is 3.13. The van der Waals surface area contributed by atoms with Crippen molar-refractivity contribution >= 4 is 29.1 Å². The third-order valence-electron chi connectivity index (χ3n) is 4.30. The Hall–Kier alpha value is -2.92. The van der Waals surface area contributed by atoms with Crippen LogP contribution in [0, 0.1) is 20.8 Å². The number of aromatic nitrogens is 2. The lowest BCUT2D eigenvalue weighted by atomic mass is 10.1. The standard InChI is InChI=1S/C22H23ClN4O/c1-14-7-8-19(15(2)11-14)26-21(28)20-12-16(3)25-22(27-20)24-10-9-17-5-4-6-18(23)13-17/h4-8,11-13H,9-10H2,1-3H3,(H,26,28)(H,24,25,27). The van der Waals surface area contributed by atoms with Crippen molar-refractivity contribution in [2.24, 2.45) is 0 Å². The Bertz CT molecular complexity index is 1000. The van der Waals surface area contributed by atoms with E-state index in [1.54, 1.807) is 6.07 Å². The summed E-state index contributed by atoms with van der Waals surface area (Å²) in [7, 11) is 0. The minimum Gasteiger partial charge on any atom is -0.354 e. The summed E-state index contributed by atoms with van der Waals surface area (Å²) in [6.45, 7) is 6.48. The van der Waals surface area contributed by atoms with Gasteiger partial charge in [0.15, 0.2) is 0 Å². The van der Waals surface area contributed by atoms with E-state index in [9.17, 15) is 4.79 Å². The van der Waals surface area contributed by atoms with Gasteiger partial charge in [0.05, 0.1) is 0 Å². The monoisotopic (exact) mass is 394 g/mol. The number of nitrogens with one attached hydrogen (secondary N) is 2. The lowest BCUT2D eigenvalue weighted by molar-refractivity contribution is 0.102. The van der Waals surface area contributed by atoms with Crippen molar-refractivity contribution in [2.75, 3.05) is 17.2 Å². The third-order valence-corrected chi connectivity index (χ3v) is 4.54. The number of nitrogens with zero attached hydrogens (tertiary/aromatic N) is 2. The smallest absolute Gasteiger partial charge is 0.274 e. The summed E-state index contributed by atoms with van der Waals surface area (Å²) in [5, 5.41) is 6.83. The molecular weight excluding hydrogens is 372 g/mol. The highest BCUT2D eigenvalue weighted by molar-refractivity contribution is 6.30. The van der Waals surface area contributed by atoms with Gasteiger partial charge in [-0.2, -0.15) is 0 Å². The zero-order valence-corrected chi connectivity index (χ0v) is 17.0. The molecule has 0 aliphatic rings. The number of benzene rings is 2. The Morgan fingerprint density at radius 3 is 2.61 bits per heavy atom. The van der Waals surface area contributed by atoms with Gasteiger partial charge in [-0.3, -0.25) is 4.79 Å². The van der Waals surface area contributed by atoms with Crippen LogP contribution < -0.4 is 10.6 Å². The number of carbonyl (C=O) groups is 1. The second-order valence-corrected chi connectivity index (χ2v) is 7.23. The molecule has 28 heavy (non-hydrogen) atoms. The first-order chi connectivity index (χ1) is 13.4. The van der Waals surface area contributed by atoms with Crippen LogP contribution in [0.25, 0.3) is 0 Å². The molecule has 0 fully saturated rings. The van der Waals surface area contributed by atoms with E-state index in [2.05, 4.69) is 20.6 Å². The molecule has 2 aromatic carbocycles. The Balaban J connectivity index is 1.67. The van der Waals surface area contributed by atoms with Crippen LogP contribution >= 0.6 is 11.6 Å². The normalized spacial score (nSPS) is 10.6. The van der Waals surface area contributed by atoms with E-state index in [1.807, 2.05) is 63.2 Å². The van der Waals surface area contributed by atoms with Crippen LogP contribution in [0.1, 0.15) is 32.9 Å². The van der Waals surface area contributed by atoms with Crippen molar-refractivity contribution < 1.29 is 4.79 Å². The average molecular weight is 395 g/mol. The van der Waals surface area contributed by atoms with Crippen LogP contribution in [0.2, 0.25) is 5.02 Å². The van der Waals surface area contributed by atoms with Gasteiger partial charge in [-0.15, -0.1) is 0 Å². The van der Waals surface area contributed by atoms with Gasteiger partial charge in [-0.25, -0.2) is 9.97 Å². The minimum absolute atomic E-state index is 0.254. The molecule has 0 atom stereocenters. The van der Waals surface area contributed by atoms with E-state index in [1.165, 1.54) is 0 Å². The molecule has 0 bridgehead atoms. The maximum Gasteiger partial charge on any atom is 0.274 e. The summed E-state index contributed by atoms with van der Waals surface area (Å²) in [4.78, 5) is 21.4. The van der Waals surface area contributed by atoms with Gasteiger partial charge >= 0.3 is 0 Å². The molecule has 0 aliphatic heterocycles. The Morgan fingerprint density at radius 2 is 1.86 bits per heavy atom. The van der Waals surface area contributed by atoms with Gasteiger partial charge in [0.2, 0.25) is 5.95 Å². The van der Waals surface area contributed by atoms with E-state index >= 15 is 0 Å². The van der Waals surface area contributed by atoms with Gasteiger partial charge in [0, 0.05) is 22.9 Å². The van der Waals surface area contributed by atoms with Crippen molar-refractivity contribution in [2.45, 2.75) is 27.2 Å². The van der Waals surface area contributed by atoms with Gasteiger partial charge in [-0.1, -0.05) is 41.4 Å². The Kier molecular flexibility index (Phi) is 6.26. The summed E-state index contributed by atoms with van der Waals surface area (Å²) in [5.41, 5.74) is 5.13. The molecule has 144 valence electrons. The van der Waals surface area contributed by atoms with E-state index in [0.717, 1.165) is 39.5 Å².